The molecule has 0 saturated carbocycles. The van der Waals surface area contributed by atoms with Crippen molar-refractivity contribution in [2.24, 2.45) is 5.10 Å². The van der Waals surface area contributed by atoms with Crippen LogP contribution in [0.1, 0.15) is 36.6 Å². The lowest BCUT2D eigenvalue weighted by Crippen LogP contribution is -3.14. The predicted octanol–water partition coefficient (Wildman–Crippen LogP) is 3.31. The van der Waals surface area contributed by atoms with Crippen molar-refractivity contribution in [1.82, 2.24) is 5.01 Å². The van der Waals surface area contributed by atoms with E-state index in [-0.39, 0.29) is 5.97 Å². The number of piperazine rings is 1. The maximum absolute atomic E-state index is 11.1. The van der Waals surface area contributed by atoms with Gasteiger partial charge in [-0.3, -0.25) is 9.80 Å². The zero-order valence-electron chi connectivity index (χ0n) is 18.5. The third kappa shape index (κ3) is 3.92. The molecule has 3 aromatic rings. The van der Waals surface area contributed by atoms with Crippen LogP contribution in [0.15, 0.2) is 77.9 Å². The van der Waals surface area contributed by atoms with E-state index in [0.717, 1.165) is 37.5 Å². The van der Waals surface area contributed by atoms with Crippen LogP contribution < -0.4 is 9.64 Å². The highest BCUT2D eigenvalue weighted by atomic mass is 16.5. The van der Waals surface area contributed by atoms with Gasteiger partial charge in [0.2, 0.25) is 0 Å². The van der Waals surface area contributed by atoms with Gasteiger partial charge >= 0.3 is 5.97 Å². The average Bonchev–Trinajstić information content (AvgIpc) is 3.14. The summed E-state index contributed by atoms with van der Waals surface area (Å²) in [6, 6.07) is 25.6. The normalized spacial score (nSPS) is 16.6. The van der Waals surface area contributed by atoms with Crippen molar-refractivity contribution in [3.05, 3.63) is 89.5 Å². The second-order valence-electron chi connectivity index (χ2n) is 8.52. The maximum atomic E-state index is 11.1. The van der Waals surface area contributed by atoms with E-state index in [2.05, 4.69) is 53.5 Å². The molecular formula is C27H28N3O2+. The molecule has 1 fully saturated rings. The Labute approximate surface area is 188 Å². The summed E-state index contributed by atoms with van der Waals surface area (Å²) in [5.41, 5.74) is 7.67. The Morgan fingerprint density at radius 3 is 2.00 bits per heavy atom. The van der Waals surface area contributed by atoms with Gasteiger partial charge in [0.1, 0.15) is 11.8 Å². The monoisotopic (exact) mass is 426 g/mol. The summed E-state index contributed by atoms with van der Waals surface area (Å²) in [4.78, 5) is 12.7. The first-order valence-corrected chi connectivity index (χ1v) is 11.2. The van der Waals surface area contributed by atoms with Crippen molar-refractivity contribution in [3.63, 3.8) is 0 Å². The first kappa shape index (κ1) is 20.5. The predicted molar refractivity (Wildman–Crippen MR) is 126 cm³/mol. The molecule has 5 heteroatoms. The van der Waals surface area contributed by atoms with Gasteiger partial charge in [0, 0.05) is 18.1 Å². The Morgan fingerprint density at radius 2 is 1.44 bits per heavy atom. The third-order valence-corrected chi connectivity index (χ3v) is 6.45. The zero-order valence-corrected chi connectivity index (χ0v) is 18.5. The molecular weight excluding hydrogens is 398 g/mol. The van der Waals surface area contributed by atoms with Crippen molar-refractivity contribution in [2.75, 3.05) is 26.2 Å². The van der Waals surface area contributed by atoms with Gasteiger partial charge in [-0.2, -0.15) is 5.10 Å². The highest BCUT2D eigenvalue weighted by Gasteiger charge is 2.37. The summed E-state index contributed by atoms with van der Waals surface area (Å²) in [6.45, 7) is 7.40. The Hall–Kier alpha value is -3.44. The topological polar surface area (TPSA) is 46.3 Å². The average molecular weight is 427 g/mol. The van der Waals surface area contributed by atoms with Crippen LogP contribution in [-0.4, -0.2) is 42.9 Å². The maximum Gasteiger partial charge on any atom is 0.308 e. The number of hydrogen-bond donors (Lipinski definition) is 1. The number of carbonyl (C=O) groups is 1. The lowest BCUT2D eigenvalue weighted by Gasteiger charge is -2.35. The van der Waals surface area contributed by atoms with E-state index in [1.54, 1.807) is 4.90 Å². The fourth-order valence-corrected chi connectivity index (χ4v) is 4.97. The van der Waals surface area contributed by atoms with Gasteiger partial charge in [-0.1, -0.05) is 48.5 Å². The molecule has 1 aliphatic heterocycles. The second-order valence-corrected chi connectivity index (χ2v) is 8.52. The number of nitrogens with zero attached hydrogens (tertiary/aromatic N) is 2. The summed E-state index contributed by atoms with van der Waals surface area (Å²) < 4.78 is 5.12. The SMILES string of the molecule is CC(=O)Oc1ccc(/C(C)=N\N2CC[NH+](C3c4ccccc4-c4ccccc43)CC2)cc1. The van der Waals surface area contributed by atoms with E-state index < -0.39 is 0 Å². The Bertz CT molecular complexity index is 1120. The number of fused-ring (bicyclic) bond motifs is 3. The van der Waals surface area contributed by atoms with Crippen LogP contribution in [0, 0.1) is 0 Å². The smallest absolute Gasteiger partial charge is 0.308 e. The van der Waals surface area contributed by atoms with Gasteiger partial charge in [-0.25, -0.2) is 0 Å². The molecule has 0 radical (unpaired) electrons. The van der Waals surface area contributed by atoms with Gasteiger partial charge in [-0.05, 0) is 47.9 Å². The molecule has 2 aliphatic rings. The van der Waals surface area contributed by atoms with Crippen molar-refractivity contribution < 1.29 is 14.4 Å². The number of rotatable bonds is 4. The van der Waals surface area contributed by atoms with Crippen molar-refractivity contribution in [2.45, 2.75) is 19.9 Å². The van der Waals surface area contributed by atoms with E-state index in [4.69, 9.17) is 9.84 Å². The molecule has 0 atom stereocenters. The van der Waals surface area contributed by atoms with E-state index >= 15 is 0 Å². The summed E-state index contributed by atoms with van der Waals surface area (Å²) in [5.74, 6) is 0.249. The standard InChI is InChI=1S/C27H27N3O2/c1-19(21-11-13-22(14-12-21)32-20(2)31)28-30-17-15-29(16-18-30)27-25-9-5-3-7-23(25)24-8-4-6-10-26(24)27/h3-14,27H,15-18H2,1-2H3/p+1/b28-19-. The van der Waals surface area contributed by atoms with Gasteiger partial charge in [-0.15, -0.1) is 0 Å². The molecule has 162 valence electrons. The van der Waals surface area contributed by atoms with Gasteiger partial charge < -0.3 is 9.64 Å². The zero-order chi connectivity index (χ0) is 22.1. The molecule has 5 rings (SSSR count). The summed E-state index contributed by atoms with van der Waals surface area (Å²) >= 11 is 0. The summed E-state index contributed by atoms with van der Waals surface area (Å²) in [6.07, 6.45) is 0. The number of quaternary nitrogens is 1. The van der Waals surface area contributed by atoms with Crippen LogP contribution >= 0.6 is 0 Å². The fraction of sp³-hybridized carbons (Fsp3) is 0.259. The molecule has 1 N–H and O–H groups in total. The van der Waals surface area contributed by atoms with Crippen LogP contribution in [0.5, 0.6) is 5.75 Å². The van der Waals surface area contributed by atoms with Crippen LogP contribution in [-0.2, 0) is 4.79 Å². The van der Waals surface area contributed by atoms with Crippen LogP contribution in [0.25, 0.3) is 11.1 Å². The number of esters is 1. The largest absolute Gasteiger partial charge is 0.427 e. The number of hydrogen-bond acceptors (Lipinski definition) is 4. The minimum absolute atomic E-state index is 0.309. The van der Waals surface area contributed by atoms with Crippen LogP contribution in [0.2, 0.25) is 0 Å². The van der Waals surface area contributed by atoms with Crippen molar-refractivity contribution in [1.29, 1.82) is 0 Å². The molecule has 0 spiro atoms. The van der Waals surface area contributed by atoms with Crippen LogP contribution in [0.3, 0.4) is 0 Å². The Kier molecular flexibility index (Phi) is 5.50. The molecule has 1 aliphatic carbocycles. The minimum atomic E-state index is -0.309. The first-order chi connectivity index (χ1) is 15.6. The quantitative estimate of drug-likeness (QED) is 0.396. The molecule has 0 amide bonds. The molecule has 0 unspecified atom stereocenters. The molecule has 3 aromatic carbocycles. The molecule has 0 aromatic heterocycles. The molecule has 1 saturated heterocycles. The lowest BCUT2D eigenvalue weighted by molar-refractivity contribution is -0.929. The Balaban J connectivity index is 1.28. The third-order valence-electron chi connectivity index (χ3n) is 6.45. The lowest BCUT2D eigenvalue weighted by atomic mass is 10.0. The van der Waals surface area contributed by atoms with E-state index in [0.29, 0.717) is 11.8 Å². The Morgan fingerprint density at radius 1 is 0.875 bits per heavy atom. The van der Waals surface area contributed by atoms with Gasteiger partial charge in [0.15, 0.2) is 0 Å². The van der Waals surface area contributed by atoms with Crippen LogP contribution in [0.4, 0.5) is 0 Å². The number of carbonyl (C=O) groups excluding carboxylic acids is 1. The fourth-order valence-electron chi connectivity index (χ4n) is 4.97. The molecule has 1 heterocycles. The van der Waals surface area contributed by atoms with Crippen molar-refractivity contribution >= 4 is 11.7 Å². The minimum Gasteiger partial charge on any atom is -0.427 e. The number of ether oxygens (including phenoxy) is 1. The number of hydrazone groups is 1. The number of nitrogens with one attached hydrogen (secondary N) is 1. The second kappa shape index (κ2) is 8.60. The number of benzene rings is 3. The first-order valence-electron chi connectivity index (χ1n) is 11.2. The van der Waals surface area contributed by atoms with Crippen molar-refractivity contribution in [3.8, 4) is 16.9 Å². The molecule has 32 heavy (non-hydrogen) atoms. The highest BCUT2D eigenvalue weighted by Crippen LogP contribution is 2.41. The highest BCUT2D eigenvalue weighted by molar-refractivity contribution is 5.98. The van der Waals surface area contributed by atoms with Gasteiger partial charge in [0.05, 0.1) is 31.9 Å². The summed E-state index contributed by atoms with van der Waals surface area (Å²) in [5, 5.41) is 7.06. The van der Waals surface area contributed by atoms with E-state index in [1.165, 1.54) is 29.2 Å². The molecule has 0 bridgehead atoms. The molecule has 5 nitrogen and oxygen atoms in total. The van der Waals surface area contributed by atoms with Gasteiger partial charge in [0.25, 0.3) is 0 Å². The van der Waals surface area contributed by atoms with E-state index in [1.807, 2.05) is 31.2 Å². The van der Waals surface area contributed by atoms with E-state index in [9.17, 15) is 4.79 Å². The summed E-state index contributed by atoms with van der Waals surface area (Å²) in [7, 11) is 0.